The Labute approximate surface area is 159 Å². The van der Waals surface area contributed by atoms with Crippen molar-refractivity contribution in [3.8, 4) is 0 Å². The molecular formula is C20H17F2NO5. The maximum absolute atomic E-state index is 13.7. The highest BCUT2D eigenvalue weighted by Crippen LogP contribution is 2.27. The summed E-state index contributed by atoms with van der Waals surface area (Å²) in [5, 5.41) is 2.88. The molecule has 0 bridgehead atoms. The van der Waals surface area contributed by atoms with E-state index < -0.39 is 29.6 Å². The molecule has 0 aliphatic rings. The van der Waals surface area contributed by atoms with Crippen molar-refractivity contribution in [3.63, 3.8) is 0 Å². The average Bonchev–Trinajstić information content (AvgIpc) is 3.04. The number of carbonyl (C=O) groups excluding carboxylic acids is 2. The molecule has 1 N–H and O–H groups in total. The van der Waals surface area contributed by atoms with Crippen molar-refractivity contribution in [2.45, 2.75) is 19.6 Å². The molecule has 6 nitrogen and oxygen atoms in total. The van der Waals surface area contributed by atoms with Gasteiger partial charge >= 0.3 is 5.97 Å². The average molecular weight is 389 g/mol. The minimum Gasteiger partial charge on any atom is -0.449 e. The lowest BCUT2D eigenvalue weighted by Gasteiger charge is -2.13. The molecule has 8 heteroatoms. The Hall–Kier alpha value is -3.26. The van der Waals surface area contributed by atoms with Crippen molar-refractivity contribution in [2.75, 3.05) is 12.4 Å². The molecule has 1 aromatic heterocycles. The van der Waals surface area contributed by atoms with Gasteiger partial charge in [0, 0.05) is 24.1 Å². The number of halogens is 2. The molecule has 0 radical (unpaired) electrons. The Bertz CT molecular complexity index is 1030. The van der Waals surface area contributed by atoms with Gasteiger partial charge in [0.05, 0.1) is 12.3 Å². The fourth-order valence-corrected chi connectivity index (χ4v) is 2.65. The largest absolute Gasteiger partial charge is 0.449 e. The van der Waals surface area contributed by atoms with Gasteiger partial charge in [-0.25, -0.2) is 13.6 Å². The highest BCUT2D eigenvalue weighted by molar-refractivity contribution is 5.99. The summed E-state index contributed by atoms with van der Waals surface area (Å²) in [5.74, 6) is -3.30. The number of amides is 1. The first-order valence-electron chi connectivity index (χ1n) is 8.37. The molecule has 28 heavy (non-hydrogen) atoms. The maximum Gasteiger partial charge on any atom is 0.375 e. The van der Waals surface area contributed by atoms with Crippen molar-refractivity contribution in [1.82, 2.24) is 0 Å². The van der Waals surface area contributed by atoms with Crippen LogP contribution < -0.4 is 5.32 Å². The number of para-hydroxylation sites is 1. The third-order valence-electron chi connectivity index (χ3n) is 4.01. The predicted octanol–water partition coefficient (Wildman–Crippen LogP) is 4.04. The van der Waals surface area contributed by atoms with E-state index in [1.165, 1.54) is 14.0 Å². The summed E-state index contributed by atoms with van der Waals surface area (Å²) >= 11 is 0. The molecule has 0 saturated carbocycles. The molecule has 0 unspecified atom stereocenters. The zero-order chi connectivity index (χ0) is 20.3. The van der Waals surface area contributed by atoms with Gasteiger partial charge in [0.2, 0.25) is 5.76 Å². The van der Waals surface area contributed by atoms with E-state index in [4.69, 9.17) is 13.9 Å². The van der Waals surface area contributed by atoms with Crippen LogP contribution in [-0.4, -0.2) is 25.1 Å². The molecule has 1 amide bonds. The summed E-state index contributed by atoms with van der Waals surface area (Å²) in [4.78, 5) is 24.7. The number of furan rings is 1. The molecule has 0 aliphatic heterocycles. The van der Waals surface area contributed by atoms with E-state index in [1.807, 2.05) is 0 Å². The summed E-state index contributed by atoms with van der Waals surface area (Å²) in [6.07, 6.45) is -1.28. The SMILES string of the molecule is COCc1c(C(=O)O[C@@H](C)C(=O)Nc2cc(F)ccc2F)oc2ccccc12. The molecular weight excluding hydrogens is 372 g/mol. The lowest BCUT2D eigenvalue weighted by molar-refractivity contribution is -0.123. The monoisotopic (exact) mass is 389 g/mol. The third-order valence-corrected chi connectivity index (χ3v) is 4.01. The van der Waals surface area contributed by atoms with Crippen LogP contribution in [-0.2, 0) is 20.9 Å². The highest BCUT2D eigenvalue weighted by atomic mass is 19.1. The van der Waals surface area contributed by atoms with Crippen LogP contribution in [0.3, 0.4) is 0 Å². The summed E-state index contributed by atoms with van der Waals surface area (Å²) in [7, 11) is 1.47. The first-order chi connectivity index (χ1) is 13.4. The maximum atomic E-state index is 13.7. The second kappa shape index (κ2) is 8.18. The number of hydrogen-bond acceptors (Lipinski definition) is 5. The molecule has 0 aliphatic carbocycles. The van der Waals surface area contributed by atoms with Gasteiger partial charge in [0.15, 0.2) is 6.10 Å². The zero-order valence-corrected chi connectivity index (χ0v) is 15.1. The molecule has 2 aromatic carbocycles. The Morgan fingerprint density at radius 3 is 2.68 bits per heavy atom. The van der Waals surface area contributed by atoms with Crippen molar-refractivity contribution in [3.05, 3.63) is 65.4 Å². The number of hydrogen-bond donors (Lipinski definition) is 1. The fraction of sp³-hybridized carbons (Fsp3) is 0.200. The van der Waals surface area contributed by atoms with Gasteiger partial charge in [-0.05, 0) is 25.1 Å². The lowest BCUT2D eigenvalue weighted by atomic mass is 10.1. The summed E-state index contributed by atoms with van der Waals surface area (Å²) in [6, 6.07) is 9.63. The Kier molecular flexibility index (Phi) is 5.70. The summed E-state index contributed by atoms with van der Waals surface area (Å²) in [5.41, 5.74) is 0.615. The van der Waals surface area contributed by atoms with Crippen molar-refractivity contribution in [1.29, 1.82) is 0 Å². The van der Waals surface area contributed by atoms with E-state index in [0.29, 0.717) is 16.5 Å². The molecule has 0 fully saturated rings. The van der Waals surface area contributed by atoms with Crippen LogP contribution in [0.1, 0.15) is 23.0 Å². The number of carbonyl (C=O) groups is 2. The van der Waals surface area contributed by atoms with Gasteiger partial charge < -0.3 is 19.2 Å². The highest BCUT2D eigenvalue weighted by Gasteiger charge is 2.26. The number of fused-ring (bicyclic) bond motifs is 1. The minimum atomic E-state index is -1.28. The van der Waals surface area contributed by atoms with Gasteiger partial charge in [-0.1, -0.05) is 18.2 Å². The number of rotatable bonds is 6. The van der Waals surface area contributed by atoms with Gasteiger partial charge in [-0.3, -0.25) is 4.79 Å². The molecule has 146 valence electrons. The van der Waals surface area contributed by atoms with Crippen LogP contribution in [0.2, 0.25) is 0 Å². The minimum absolute atomic E-state index is 0.0837. The van der Waals surface area contributed by atoms with E-state index in [1.54, 1.807) is 24.3 Å². The van der Waals surface area contributed by atoms with Crippen molar-refractivity contribution >= 4 is 28.5 Å². The molecule has 1 atom stereocenters. The topological polar surface area (TPSA) is 77.8 Å². The first kappa shape index (κ1) is 19.5. The second-order valence-corrected chi connectivity index (χ2v) is 6.00. The number of nitrogens with one attached hydrogen (secondary N) is 1. The number of benzene rings is 2. The van der Waals surface area contributed by atoms with Gasteiger partial charge in [0.25, 0.3) is 5.91 Å². The van der Waals surface area contributed by atoms with Crippen LogP contribution in [0.15, 0.2) is 46.9 Å². The normalized spacial score (nSPS) is 12.0. The van der Waals surface area contributed by atoms with Gasteiger partial charge in [0.1, 0.15) is 17.2 Å². The summed E-state index contributed by atoms with van der Waals surface area (Å²) in [6.45, 7) is 1.42. The Morgan fingerprint density at radius 2 is 1.93 bits per heavy atom. The van der Waals surface area contributed by atoms with Crippen molar-refractivity contribution < 1.29 is 32.3 Å². The molecule has 3 rings (SSSR count). The Balaban J connectivity index is 1.77. The van der Waals surface area contributed by atoms with E-state index >= 15 is 0 Å². The van der Waals surface area contributed by atoms with E-state index in [0.717, 1.165) is 18.2 Å². The fourth-order valence-electron chi connectivity index (χ4n) is 2.65. The standard InChI is InChI=1S/C20H17F2NO5/c1-11(19(24)23-16-9-12(21)7-8-15(16)22)27-20(25)18-14(10-26-2)13-5-3-4-6-17(13)28-18/h3-9,11H,10H2,1-2H3,(H,23,24)/t11-/m0/s1. The molecule has 0 spiro atoms. The van der Waals surface area contributed by atoms with Crippen LogP contribution >= 0.6 is 0 Å². The van der Waals surface area contributed by atoms with E-state index in [-0.39, 0.29) is 18.1 Å². The molecule has 0 saturated heterocycles. The number of anilines is 1. The van der Waals surface area contributed by atoms with E-state index in [2.05, 4.69) is 5.32 Å². The quantitative estimate of drug-likeness (QED) is 0.644. The smallest absolute Gasteiger partial charge is 0.375 e. The first-order valence-corrected chi connectivity index (χ1v) is 8.37. The molecule has 1 heterocycles. The number of ether oxygens (including phenoxy) is 2. The van der Waals surface area contributed by atoms with Gasteiger partial charge in [-0.2, -0.15) is 0 Å². The number of methoxy groups -OCH3 is 1. The molecule has 3 aromatic rings. The van der Waals surface area contributed by atoms with Crippen LogP contribution in [0, 0.1) is 11.6 Å². The third kappa shape index (κ3) is 4.01. The van der Waals surface area contributed by atoms with Crippen LogP contribution in [0.5, 0.6) is 0 Å². The predicted molar refractivity (Wildman–Crippen MR) is 96.8 cm³/mol. The Morgan fingerprint density at radius 1 is 1.18 bits per heavy atom. The van der Waals surface area contributed by atoms with E-state index in [9.17, 15) is 18.4 Å². The number of esters is 1. The lowest BCUT2D eigenvalue weighted by Crippen LogP contribution is -2.30. The van der Waals surface area contributed by atoms with Crippen LogP contribution in [0.4, 0.5) is 14.5 Å². The summed E-state index contributed by atoms with van der Waals surface area (Å²) < 4.78 is 42.7. The van der Waals surface area contributed by atoms with Gasteiger partial charge in [-0.15, -0.1) is 0 Å². The van der Waals surface area contributed by atoms with Crippen molar-refractivity contribution in [2.24, 2.45) is 0 Å². The second-order valence-electron chi connectivity index (χ2n) is 6.00. The van der Waals surface area contributed by atoms with Crippen LogP contribution in [0.25, 0.3) is 11.0 Å². The zero-order valence-electron chi connectivity index (χ0n) is 15.1.